The van der Waals surface area contributed by atoms with Gasteiger partial charge < -0.3 is 10.6 Å². The maximum absolute atomic E-state index is 9.10. The third kappa shape index (κ3) is 2.41. The van der Waals surface area contributed by atoms with Crippen LogP contribution >= 0.6 is 11.5 Å². The van der Waals surface area contributed by atoms with E-state index < -0.39 is 0 Å². The van der Waals surface area contributed by atoms with E-state index in [1.165, 1.54) is 11.5 Å². The number of nitrogen functional groups attached to an aromatic ring is 1. The van der Waals surface area contributed by atoms with Crippen molar-refractivity contribution in [3.05, 3.63) is 35.7 Å². The molecule has 0 amide bonds. The van der Waals surface area contributed by atoms with E-state index in [9.17, 15) is 0 Å². The summed E-state index contributed by atoms with van der Waals surface area (Å²) < 4.78 is 4.04. The van der Waals surface area contributed by atoms with Gasteiger partial charge in [-0.1, -0.05) is 0 Å². The van der Waals surface area contributed by atoms with Gasteiger partial charge in [-0.05, 0) is 36.2 Å². The second kappa shape index (κ2) is 5.47. The summed E-state index contributed by atoms with van der Waals surface area (Å²) >= 11 is 1.27. The van der Waals surface area contributed by atoms with Crippen LogP contribution in [0.25, 0.3) is 0 Å². The molecule has 0 aromatic carbocycles. The highest BCUT2D eigenvalue weighted by molar-refractivity contribution is 7.10. The Hall–Kier alpha value is -2.13. The standard InChI is InChI=1S/C12H13N5S/c1-2-17(8-9-3-5-15-6-4-9)12-10(7-13)11(14)16-18-12/h3-6H,2,8H2,1H3,(H2,14,16). The Morgan fingerprint density at radius 2 is 2.17 bits per heavy atom. The molecule has 0 unspecified atom stereocenters. The average Bonchev–Trinajstić information content (AvgIpc) is 2.78. The minimum atomic E-state index is 0.311. The first kappa shape index (κ1) is 12.3. The molecule has 92 valence electrons. The van der Waals surface area contributed by atoms with E-state index in [1.807, 2.05) is 19.1 Å². The van der Waals surface area contributed by atoms with Crippen molar-refractivity contribution >= 4 is 22.4 Å². The topological polar surface area (TPSA) is 78.8 Å². The van der Waals surface area contributed by atoms with Gasteiger partial charge in [0, 0.05) is 25.5 Å². The Labute approximate surface area is 110 Å². The van der Waals surface area contributed by atoms with Gasteiger partial charge in [0.15, 0.2) is 5.82 Å². The Bertz CT molecular complexity index is 558. The van der Waals surface area contributed by atoms with Crippen molar-refractivity contribution in [1.29, 1.82) is 5.26 Å². The zero-order valence-corrected chi connectivity index (χ0v) is 10.8. The van der Waals surface area contributed by atoms with Crippen LogP contribution in [0, 0.1) is 11.3 Å². The van der Waals surface area contributed by atoms with Crippen LogP contribution < -0.4 is 10.6 Å². The molecule has 0 saturated heterocycles. The fraction of sp³-hybridized carbons (Fsp3) is 0.250. The van der Waals surface area contributed by atoms with Crippen molar-refractivity contribution in [3.63, 3.8) is 0 Å². The summed E-state index contributed by atoms with van der Waals surface area (Å²) in [5, 5.41) is 9.93. The molecule has 0 radical (unpaired) electrons. The molecule has 0 aliphatic carbocycles. The van der Waals surface area contributed by atoms with E-state index in [-0.39, 0.29) is 0 Å². The van der Waals surface area contributed by atoms with Crippen molar-refractivity contribution in [1.82, 2.24) is 9.36 Å². The number of nitriles is 1. The molecule has 2 aromatic rings. The molecule has 0 atom stereocenters. The van der Waals surface area contributed by atoms with Crippen molar-refractivity contribution in [2.45, 2.75) is 13.5 Å². The Balaban J connectivity index is 2.27. The van der Waals surface area contributed by atoms with Crippen molar-refractivity contribution in [2.24, 2.45) is 0 Å². The summed E-state index contributed by atoms with van der Waals surface area (Å²) in [5.41, 5.74) is 7.29. The van der Waals surface area contributed by atoms with Crippen LogP contribution in [0.3, 0.4) is 0 Å². The number of hydrogen-bond acceptors (Lipinski definition) is 6. The lowest BCUT2D eigenvalue weighted by Crippen LogP contribution is -2.21. The molecule has 2 heterocycles. The van der Waals surface area contributed by atoms with Gasteiger partial charge in [0.1, 0.15) is 16.6 Å². The number of aromatic nitrogens is 2. The van der Waals surface area contributed by atoms with Crippen LogP contribution in [-0.2, 0) is 6.54 Å². The second-order valence-electron chi connectivity index (χ2n) is 3.73. The molecule has 2 rings (SSSR count). The van der Waals surface area contributed by atoms with Crippen molar-refractivity contribution in [3.8, 4) is 6.07 Å². The van der Waals surface area contributed by atoms with Gasteiger partial charge in [-0.15, -0.1) is 0 Å². The summed E-state index contributed by atoms with van der Waals surface area (Å²) in [7, 11) is 0. The molecule has 5 nitrogen and oxygen atoms in total. The molecule has 0 fully saturated rings. The maximum Gasteiger partial charge on any atom is 0.157 e. The monoisotopic (exact) mass is 259 g/mol. The minimum absolute atomic E-state index is 0.311. The van der Waals surface area contributed by atoms with E-state index >= 15 is 0 Å². The predicted molar refractivity (Wildman–Crippen MR) is 72.2 cm³/mol. The number of pyridine rings is 1. The lowest BCUT2D eigenvalue weighted by molar-refractivity contribution is 0.838. The molecule has 0 aliphatic heterocycles. The van der Waals surface area contributed by atoms with E-state index in [0.29, 0.717) is 11.4 Å². The number of anilines is 2. The van der Waals surface area contributed by atoms with Gasteiger partial charge in [-0.2, -0.15) is 9.64 Å². The van der Waals surface area contributed by atoms with Gasteiger partial charge in [-0.3, -0.25) is 4.98 Å². The molecular weight excluding hydrogens is 246 g/mol. The molecule has 0 saturated carbocycles. The van der Waals surface area contributed by atoms with E-state index in [1.54, 1.807) is 12.4 Å². The molecule has 0 aliphatic rings. The second-order valence-corrected chi connectivity index (χ2v) is 4.48. The van der Waals surface area contributed by atoms with Crippen molar-refractivity contribution in [2.75, 3.05) is 17.2 Å². The summed E-state index contributed by atoms with van der Waals surface area (Å²) in [6.07, 6.45) is 3.52. The first-order chi connectivity index (χ1) is 8.76. The van der Waals surface area contributed by atoms with Crippen LogP contribution in [0.5, 0.6) is 0 Å². The highest BCUT2D eigenvalue weighted by Crippen LogP contribution is 2.30. The summed E-state index contributed by atoms with van der Waals surface area (Å²) in [6, 6.07) is 6.03. The number of rotatable bonds is 4. The Kier molecular flexibility index (Phi) is 3.75. The number of nitrogens with zero attached hydrogens (tertiary/aromatic N) is 4. The van der Waals surface area contributed by atoms with Gasteiger partial charge >= 0.3 is 0 Å². The van der Waals surface area contributed by atoms with Crippen LogP contribution in [0.15, 0.2) is 24.5 Å². The molecule has 0 bridgehead atoms. The van der Waals surface area contributed by atoms with Crippen molar-refractivity contribution < 1.29 is 0 Å². The summed E-state index contributed by atoms with van der Waals surface area (Å²) in [5.74, 6) is 0.311. The average molecular weight is 259 g/mol. The fourth-order valence-corrected chi connectivity index (χ4v) is 2.48. The van der Waals surface area contributed by atoms with Gasteiger partial charge in [0.2, 0.25) is 0 Å². The highest BCUT2D eigenvalue weighted by atomic mass is 32.1. The molecule has 6 heteroatoms. The largest absolute Gasteiger partial charge is 0.382 e. The van der Waals surface area contributed by atoms with Gasteiger partial charge in [0.25, 0.3) is 0 Å². The number of nitrogens with two attached hydrogens (primary N) is 1. The van der Waals surface area contributed by atoms with Crippen LogP contribution in [0.1, 0.15) is 18.1 Å². The molecule has 2 aromatic heterocycles. The van der Waals surface area contributed by atoms with Gasteiger partial charge in [-0.25, -0.2) is 0 Å². The van der Waals surface area contributed by atoms with Crippen LogP contribution in [-0.4, -0.2) is 15.9 Å². The first-order valence-corrected chi connectivity index (χ1v) is 6.32. The van der Waals surface area contributed by atoms with Crippen LogP contribution in [0.4, 0.5) is 10.8 Å². The Morgan fingerprint density at radius 1 is 1.44 bits per heavy atom. The normalized spacial score (nSPS) is 10.0. The third-order valence-electron chi connectivity index (χ3n) is 2.60. The zero-order chi connectivity index (χ0) is 13.0. The molecule has 2 N–H and O–H groups in total. The predicted octanol–water partition coefficient (Wildman–Crippen LogP) is 2.02. The zero-order valence-electron chi connectivity index (χ0n) is 10.00. The fourth-order valence-electron chi connectivity index (χ4n) is 1.65. The molecule has 0 spiro atoms. The molecule has 18 heavy (non-hydrogen) atoms. The SMILES string of the molecule is CCN(Cc1ccncc1)c1snc(N)c1C#N. The van der Waals surface area contributed by atoms with Crippen LogP contribution in [0.2, 0.25) is 0 Å². The van der Waals surface area contributed by atoms with E-state index in [4.69, 9.17) is 11.0 Å². The lowest BCUT2D eigenvalue weighted by atomic mass is 10.2. The minimum Gasteiger partial charge on any atom is -0.382 e. The number of hydrogen-bond donors (Lipinski definition) is 1. The summed E-state index contributed by atoms with van der Waals surface area (Å²) in [4.78, 5) is 6.07. The lowest BCUT2D eigenvalue weighted by Gasteiger charge is -2.20. The maximum atomic E-state index is 9.10. The highest BCUT2D eigenvalue weighted by Gasteiger charge is 2.16. The first-order valence-electron chi connectivity index (χ1n) is 5.55. The smallest absolute Gasteiger partial charge is 0.157 e. The summed E-state index contributed by atoms with van der Waals surface area (Å²) in [6.45, 7) is 3.55. The molecular formula is C12H13N5S. The Morgan fingerprint density at radius 3 is 2.78 bits per heavy atom. The third-order valence-corrected chi connectivity index (χ3v) is 3.53. The van der Waals surface area contributed by atoms with E-state index in [0.717, 1.165) is 23.7 Å². The quantitative estimate of drug-likeness (QED) is 0.908. The van der Waals surface area contributed by atoms with E-state index in [2.05, 4.69) is 20.3 Å². The van der Waals surface area contributed by atoms with Gasteiger partial charge in [0.05, 0.1) is 0 Å².